The van der Waals surface area contributed by atoms with Crippen molar-refractivity contribution >= 4 is 23.4 Å². The summed E-state index contributed by atoms with van der Waals surface area (Å²) in [6.07, 6.45) is -4.55. The Kier molecular flexibility index (Phi) is 4.44. The van der Waals surface area contributed by atoms with E-state index in [2.05, 4.69) is 10.5 Å². The number of urea groups is 1. The average molecular weight is 336 g/mol. The minimum Gasteiger partial charge on any atom is -0.376 e. The van der Waals surface area contributed by atoms with Gasteiger partial charge in [-0.15, -0.1) is 5.10 Å². The van der Waals surface area contributed by atoms with Crippen LogP contribution in [0.1, 0.15) is 11.4 Å². The van der Waals surface area contributed by atoms with Crippen LogP contribution in [-0.2, 0) is 6.18 Å². The molecule has 0 spiro atoms. The largest absolute Gasteiger partial charge is 0.435 e. The summed E-state index contributed by atoms with van der Waals surface area (Å²) < 4.78 is 37.7. The maximum atomic E-state index is 12.6. The van der Waals surface area contributed by atoms with E-state index in [1.807, 2.05) is 0 Å². The van der Waals surface area contributed by atoms with E-state index in [1.54, 1.807) is 4.90 Å². The van der Waals surface area contributed by atoms with Crippen molar-refractivity contribution in [3.05, 3.63) is 17.5 Å². The highest BCUT2D eigenvalue weighted by atomic mass is 32.1. The van der Waals surface area contributed by atoms with Crippen LogP contribution in [0.4, 0.5) is 18.0 Å². The summed E-state index contributed by atoms with van der Waals surface area (Å²) in [5.74, 6) is 0. The Bertz CT molecular complexity index is 579. The lowest BCUT2D eigenvalue weighted by molar-refractivity contribution is -0.141. The highest BCUT2D eigenvalue weighted by Crippen LogP contribution is 2.28. The number of hydrogen-bond donors (Lipinski definition) is 2. The molecule has 0 aromatic carbocycles. The zero-order valence-electron chi connectivity index (χ0n) is 11.7. The molecule has 0 unspecified atom stereocenters. The van der Waals surface area contributed by atoms with Crippen molar-refractivity contribution < 1.29 is 18.0 Å². The normalized spacial score (nSPS) is 15.8. The second-order valence-corrected chi connectivity index (χ2v) is 5.23. The monoisotopic (exact) mass is 336 g/mol. The Morgan fingerprint density at radius 3 is 2.32 bits per heavy atom. The summed E-state index contributed by atoms with van der Waals surface area (Å²) in [7, 11) is 0. The highest BCUT2D eigenvalue weighted by molar-refractivity contribution is 7.80. The minimum absolute atomic E-state index is 0.183. The molecular weight excluding hydrogens is 321 g/mol. The average Bonchev–Trinajstić information content (AvgIpc) is 2.80. The van der Waals surface area contributed by atoms with Crippen molar-refractivity contribution in [2.75, 3.05) is 31.6 Å². The van der Waals surface area contributed by atoms with Gasteiger partial charge >= 0.3 is 12.2 Å². The lowest BCUT2D eigenvalue weighted by atomic mass is 10.3. The number of halogens is 3. The number of piperazine rings is 1. The molecule has 1 aromatic rings. The molecular formula is C11H15F3N6OS. The molecule has 1 saturated heterocycles. The Labute approximate surface area is 129 Å². The molecule has 7 nitrogen and oxygen atoms in total. The van der Waals surface area contributed by atoms with Gasteiger partial charge in [0.05, 0.1) is 5.69 Å². The molecule has 22 heavy (non-hydrogen) atoms. The molecule has 122 valence electrons. The molecule has 3 N–H and O–H groups in total. The summed E-state index contributed by atoms with van der Waals surface area (Å²) in [4.78, 5) is 16.1. The smallest absolute Gasteiger partial charge is 0.376 e. The van der Waals surface area contributed by atoms with Crippen molar-refractivity contribution in [1.82, 2.24) is 19.7 Å². The molecule has 0 radical (unpaired) electrons. The molecule has 0 saturated carbocycles. The number of nitrogens with one attached hydrogen (secondary N) is 1. The first-order valence-electron chi connectivity index (χ1n) is 6.42. The summed E-state index contributed by atoms with van der Waals surface area (Å²) >= 11 is 4.84. The lowest BCUT2D eigenvalue weighted by Gasteiger charge is -2.34. The SMILES string of the molecule is Cc1cc(C(F)(F)F)nn1NC(=O)N1CCN(C(N)=S)CC1. The van der Waals surface area contributed by atoms with Gasteiger partial charge in [0.2, 0.25) is 0 Å². The standard InChI is InChI=1S/C11H15F3N6OS/c1-7-6-8(11(12,13)14)16-20(7)17-10(21)19-4-2-18(3-5-19)9(15)22/h6H,2-5H2,1H3,(H2,15,22)(H,17,21). The summed E-state index contributed by atoms with van der Waals surface area (Å²) in [5.41, 5.74) is 6.95. The van der Waals surface area contributed by atoms with E-state index >= 15 is 0 Å². The Hall–Kier alpha value is -2.04. The summed E-state index contributed by atoms with van der Waals surface area (Å²) in [5, 5.41) is 3.60. The molecule has 0 bridgehead atoms. The van der Waals surface area contributed by atoms with Crippen LogP contribution in [0.3, 0.4) is 0 Å². The third-order valence-corrected chi connectivity index (χ3v) is 3.52. The molecule has 2 rings (SSSR count). The van der Waals surface area contributed by atoms with Crippen molar-refractivity contribution in [3.63, 3.8) is 0 Å². The first-order chi connectivity index (χ1) is 10.2. The van der Waals surface area contributed by atoms with Crippen LogP contribution in [0.15, 0.2) is 6.07 Å². The third kappa shape index (κ3) is 3.59. The molecule has 11 heteroatoms. The van der Waals surface area contributed by atoms with Gasteiger partial charge in [-0.05, 0) is 25.2 Å². The number of nitrogens with zero attached hydrogens (tertiary/aromatic N) is 4. The van der Waals surface area contributed by atoms with Gasteiger partial charge in [0.15, 0.2) is 10.8 Å². The molecule has 2 amide bonds. The lowest BCUT2D eigenvalue weighted by Crippen LogP contribution is -2.53. The predicted molar refractivity (Wildman–Crippen MR) is 76.7 cm³/mol. The second kappa shape index (κ2) is 5.99. The number of aromatic nitrogens is 2. The quantitative estimate of drug-likeness (QED) is 0.740. The van der Waals surface area contributed by atoms with E-state index in [1.165, 1.54) is 11.8 Å². The van der Waals surface area contributed by atoms with Crippen molar-refractivity contribution in [2.45, 2.75) is 13.1 Å². The van der Waals surface area contributed by atoms with E-state index < -0.39 is 17.9 Å². The van der Waals surface area contributed by atoms with Gasteiger partial charge in [0.25, 0.3) is 0 Å². The molecule has 2 heterocycles. The molecule has 0 atom stereocenters. The topological polar surface area (TPSA) is 79.4 Å². The van der Waals surface area contributed by atoms with Gasteiger partial charge in [-0.1, -0.05) is 0 Å². The van der Waals surface area contributed by atoms with Crippen LogP contribution in [0, 0.1) is 6.92 Å². The fourth-order valence-corrected chi connectivity index (χ4v) is 2.20. The Morgan fingerprint density at radius 2 is 1.86 bits per heavy atom. The molecule has 1 aliphatic heterocycles. The number of thiocarbonyl (C=S) groups is 1. The van der Waals surface area contributed by atoms with E-state index in [4.69, 9.17) is 18.0 Å². The number of carbonyl (C=O) groups is 1. The zero-order valence-corrected chi connectivity index (χ0v) is 12.5. The zero-order chi connectivity index (χ0) is 16.5. The molecule has 1 fully saturated rings. The van der Waals surface area contributed by atoms with Gasteiger partial charge in [0.1, 0.15) is 0 Å². The third-order valence-electron chi connectivity index (χ3n) is 3.26. The first kappa shape index (κ1) is 16.3. The second-order valence-electron chi connectivity index (χ2n) is 4.81. The maximum Gasteiger partial charge on any atom is 0.435 e. The fourth-order valence-electron chi connectivity index (χ4n) is 2.02. The molecule has 1 aromatic heterocycles. The van der Waals surface area contributed by atoms with Crippen LogP contribution < -0.4 is 11.2 Å². The van der Waals surface area contributed by atoms with Crippen molar-refractivity contribution in [3.8, 4) is 0 Å². The highest BCUT2D eigenvalue weighted by Gasteiger charge is 2.34. The van der Waals surface area contributed by atoms with Gasteiger partial charge < -0.3 is 15.5 Å². The van der Waals surface area contributed by atoms with E-state index in [0.717, 1.165) is 10.9 Å². The number of hydrogen-bond acceptors (Lipinski definition) is 3. The first-order valence-corrected chi connectivity index (χ1v) is 6.83. The van der Waals surface area contributed by atoms with Crippen LogP contribution in [0.25, 0.3) is 0 Å². The Balaban J connectivity index is 1.98. The van der Waals surface area contributed by atoms with Crippen LogP contribution in [-0.4, -0.2) is 57.0 Å². The van der Waals surface area contributed by atoms with Gasteiger partial charge in [0, 0.05) is 26.2 Å². The number of amides is 2. The number of carbonyl (C=O) groups excluding carboxylic acids is 1. The van der Waals surface area contributed by atoms with Crippen LogP contribution in [0.5, 0.6) is 0 Å². The molecule has 0 aliphatic carbocycles. The number of alkyl halides is 3. The summed E-state index contributed by atoms with van der Waals surface area (Å²) in [6, 6.07) is 0.341. The summed E-state index contributed by atoms with van der Waals surface area (Å²) in [6.45, 7) is 3.13. The van der Waals surface area contributed by atoms with Gasteiger partial charge in [-0.3, -0.25) is 0 Å². The fraction of sp³-hybridized carbons (Fsp3) is 0.545. The molecule has 1 aliphatic rings. The van der Waals surface area contributed by atoms with E-state index in [0.29, 0.717) is 26.2 Å². The Morgan fingerprint density at radius 1 is 1.32 bits per heavy atom. The van der Waals surface area contributed by atoms with E-state index in [9.17, 15) is 18.0 Å². The van der Waals surface area contributed by atoms with Gasteiger partial charge in [-0.2, -0.15) is 18.0 Å². The predicted octanol–water partition coefficient (Wildman–Crippen LogP) is 0.735. The maximum absolute atomic E-state index is 12.6. The van der Waals surface area contributed by atoms with Crippen molar-refractivity contribution in [2.24, 2.45) is 5.73 Å². The van der Waals surface area contributed by atoms with Crippen molar-refractivity contribution in [1.29, 1.82) is 0 Å². The number of aryl methyl sites for hydroxylation is 1. The van der Waals surface area contributed by atoms with E-state index in [-0.39, 0.29) is 10.8 Å². The van der Waals surface area contributed by atoms with Gasteiger partial charge in [-0.25, -0.2) is 10.2 Å². The van der Waals surface area contributed by atoms with Crippen LogP contribution >= 0.6 is 12.2 Å². The minimum atomic E-state index is -4.55. The number of rotatable bonds is 1. The number of nitrogens with two attached hydrogens (primary N) is 1. The van der Waals surface area contributed by atoms with Crippen LogP contribution in [0.2, 0.25) is 0 Å².